The summed E-state index contributed by atoms with van der Waals surface area (Å²) in [5, 5.41) is 11.7. The summed E-state index contributed by atoms with van der Waals surface area (Å²) in [6, 6.07) is 3.64. The van der Waals surface area contributed by atoms with Crippen LogP contribution in [0.3, 0.4) is 0 Å². The minimum absolute atomic E-state index is 0.0585. The molecule has 5 heteroatoms. The summed E-state index contributed by atoms with van der Waals surface area (Å²) in [4.78, 5) is 0. The van der Waals surface area contributed by atoms with Crippen LogP contribution in [0.15, 0.2) is 18.5 Å². The molecular weight excluding hydrogens is 178 g/mol. The topological polar surface area (TPSA) is 69.1 Å². The van der Waals surface area contributed by atoms with E-state index < -0.39 is 0 Å². The molecule has 0 aliphatic rings. The fourth-order valence-corrected chi connectivity index (χ4v) is 0.986. The highest BCUT2D eigenvalue weighted by molar-refractivity contribution is 5.34. The van der Waals surface area contributed by atoms with E-state index in [2.05, 4.69) is 15.3 Å². The van der Waals surface area contributed by atoms with Crippen LogP contribution >= 0.6 is 0 Å². The summed E-state index contributed by atoms with van der Waals surface area (Å²) in [5.74, 6) is 0. The zero-order valence-electron chi connectivity index (χ0n) is 8.68. The van der Waals surface area contributed by atoms with Crippen molar-refractivity contribution in [2.24, 2.45) is 5.73 Å². The van der Waals surface area contributed by atoms with Gasteiger partial charge in [-0.05, 0) is 19.1 Å². The fourth-order valence-electron chi connectivity index (χ4n) is 0.986. The molecule has 2 heterocycles. The van der Waals surface area contributed by atoms with Gasteiger partial charge in [0, 0.05) is 6.04 Å². The average molecular weight is 193 g/mol. The molecule has 0 bridgehead atoms. The number of hydrogen-bond acceptors (Lipinski definition) is 4. The van der Waals surface area contributed by atoms with Crippen LogP contribution in [0.1, 0.15) is 32.5 Å². The molecule has 5 nitrogen and oxygen atoms in total. The van der Waals surface area contributed by atoms with Gasteiger partial charge >= 0.3 is 0 Å². The van der Waals surface area contributed by atoms with E-state index in [9.17, 15) is 0 Å². The van der Waals surface area contributed by atoms with Crippen molar-refractivity contribution in [3.8, 4) is 0 Å². The Balaban J connectivity index is 0.000000461. The predicted octanol–water partition coefficient (Wildman–Crippen LogP) is 1.17. The second-order valence-electron chi connectivity index (χ2n) is 2.68. The summed E-state index contributed by atoms with van der Waals surface area (Å²) in [6.45, 7) is 5.89. The molecule has 14 heavy (non-hydrogen) atoms. The zero-order valence-corrected chi connectivity index (χ0v) is 8.68. The molecule has 0 aromatic carbocycles. The van der Waals surface area contributed by atoms with Crippen LogP contribution in [0, 0.1) is 0 Å². The van der Waals surface area contributed by atoms with Crippen LogP contribution in [0.2, 0.25) is 0 Å². The third-order valence-corrected chi connectivity index (χ3v) is 1.65. The van der Waals surface area contributed by atoms with E-state index in [0.717, 1.165) is 11.3 Å². The number of nitrogens with two attached hydrogens (primary N) is 1. The van der Waals surface area contributed by atoms with Crippen molar-refractivity contribution < 1.29 is 0 Å². The average Bonchev–Trinajstić information content (AvgIpc) is 2.67. The molecule has 0 saturated carbocycles. The summed E-state index contributed by atoms with van der Waals surface area (Å²) >= 11 is 0. The molecule has 2 aromatic rings. The molecule has 0 amide bonds. The fraction of sp³-hybridized carbons (Fsp3) is 0.444. The Bertz CT molecular complexity index is 393. The molecule has 0 fully saturated rings. The Labute approximate surface area is 83.0 Å². The normalized spacial score (nSPS) is 12.0. The second kappa shape index (κ2) is 4.66. The molecule has 1 atom stereocenters. The smallest absolute Gasteiger partial charge is 0.177 e. The van der Waals surface area contributed by atoms with E-state index in [1.807, 2.05) is 32.9 Å². The van der Waals surface area contributed by atoms with Crippen molar-refractivity contribution in [3.05, 3.63) is 24.2 Å². The van der Waals surface area contributed by atoms with Crippen molar-refractivity contribution in [1.29, 1.82) is 0 Å². The van der Waals surface area contributed by atoms with Gasteiger partial charge in [-0.3, -0.25) is 0 Å². The SMILES string of the molecule is CC.CC(N)c1ccc2nncn2n1. The summed E-state index contributed by atoms with van der Waals surface area (Å²) in [5.41, 5.74) is 7.23. The molecule has 2 rings (SSSR count). The number of aromatic nitrogens is 4. The van der Waals surface area contributed by atoms with Gasteiger partial charge in [0.1, 0.15) is 6.33 Å². The van der Waals surface area contributed by atoms with Crippen LogP contribution < -0.4 is 5.73 Å². The van der Waals surface area contributed by atoms with E-state index in [1.165, 1.54) is 0 Å². The standard InChI is InChI=1S/C7H9N5.C2H6/c1-5(8)6-2-3-7-10-9-4-12(7)11-6;1-2/h2-5H,8H2,1H3;1-2H3. The molecule has 0 spiro atoms. The summed E-state index contributed by atoms with van der Waals surface area (Å²) < 4.78 is 1.61. The quantitative estimate of drug-likeness (QED) is 0.738. The molecule has 2 aromatic heterocycles. The van der Waals surface area contributed by atoms with Crippen LogP contribution in [-0.4, -0.2) is 19.8 Å². The van der Waals surface area contributed by atoms with Gasteiger partial charge in [-0.2, -0.15) is 5.10 Å². The van der Waals surface area contributed by atoms with Crippen molar-refractivity contribution in [2.75, 3.05) is 0 Å². The lowest BCUT2D eigenvalue weighted by Gasteiger charge is -2.02. The van der Waals surface area contributed by atoms with Crippen molar-refractivity contribution in [3.63, 3.8) is 0 Å². The first-order valence-corrected chi connectivity index (χ1v) is 4.70. The highest BCUT2D eigenvalue weighted by Crippen LogP contribution is 2.05. The highest BCUT2D eigenvalue weighted by Gasteiger charge is 2.02. The number of rotatable bonds is 1. The van der Waals surface area contributed by atoms with Gasteiger partial charge in [0.2, 0.25) is 0 Å². The van der Waals surface area contributed by atoms with Crippen LogP contribution in [0.5, 0.6) is 0 Å². The number of fused-ring (bicyclic) bond motifs is 1. The number of hydrogen-bond donors (Lipinski definition) is 1. The predicted molar refractivity (Wildman–Crippen MR) is 54.7 cm³/mol. The Kier molecular flexibility index (Phi) is 3.53. The Morgan fingerprint density at radius 1 is 1.36 bits per heavy atom. The van der Waals surface area contributed by atoms with E-state index in [-0.39, 0.29) is 6.04 Å². The van der Waals surface area contributed by atoms with E-state index in [0.29, 0.717) is 0 Å². The lowest BCUT2D eigenvalue weighted by molar-refractivity contribution is 0.734. The molecule has 0 saturated heterocycles. The van der Waals surface area contributed by atoms with Crippen LogP contribution in [0.4, 0.5) is 0 Å². The van der Waals surface area contributed by atoms with E-state index in [1.54, 1.807) is 10.8 Å². The summed E-state index contributed by atoms with van der Waals surface area (Å²) in [6.07, 6.45) is 1.56. The molecule has 0 aliphatic heterocycles. The van der Waals surface area contributed by atoms with Gasteiger partial charge in [0.05, 0.1) is 5.69 Å². The molecule has 0 aliphatic carbocycles. The largest absolute Gasteiger partial charge is 0.323 e. The third kappa shape index (κ3) is 2.05. The maximum atomic E-state index is 5.66. The van der Waals surface area contributed by atoms with Gasteiger partial charge in [0.15, 0.2) is 5.65 Å². The van der Waals surface area contributed by atoms with E-state index >= 15 is 0 Å². The zero-order chi connectivity index (χ0) is 10.6. The lowest BCUT2D eigenvalue weighted by atomic mass is 10.2. The third-order valence-electron chi connectivity index (χ3n) is 1.65. The Morgan fingerprint density at radius 3 is 2.71 bits per heavy atom. The second-order valence-corrected chi connectivity index (χ2v) is 2.68. The van der Waals surface area contributed by atoms with Crippen LogP contribution in [0.25, 0.3) is 5.65 Å². The van der Waals surface area contributed by atoms with E-state index in [4.69, 9.17) is 5.73 Å². The van der Waals surface area contributed by atoms with Crippen molar-refractivity contribution >= 4 is 5.65 Å². The monoisotopic (exact) mass is 193 g/mol. The minimum Gasteiger partial charge on any atom is -0.323 e. The van der Waals surface area contributed by atoms with Gasteiger partial charge in [-0.25, -0.2) is 4.52 Å². The molecular formula is C9H15N5. The molecule has 1 unspecified atom stereocenters. The van der Waals surface area contributed by atoms with Crippen LogP contribution in [-0.2, 0) is 0 Å². The number of nitrogens with zero attached hydrogens (tertiary/aromatic N) is 4. The maximum absolute atomic E-state index is 5.66. The summed E-state index contributed by atoms with van der Waals surface area (Å²) in [7, 11) is 0. The van der Waals surface area contributed by atoms with Gasteiger partial charge < -0.3 is 5.73 Å². The first-order valence-electron chi connectivity index (χ1n) is 4.70. The van der Waals surface area contributed by atoms with Gasteiger partial charge in [-0.1, -0.05) is 13.8 Å². The molecule has 0 radical (unpaired) electrons. The maximum Gasteiger partial charge on any atom is 0.177 e. The first-order chi connectivity index (χ1) is 6.77. The molecule has 76 valence electrons. The minimum atomic E-state index is -0.0585. The molecule has 2 N–H and O–H groups in total. The van der Waals surface area contributed by atoms with Gasteiger partial charge in [0.25, 0.3) is 0 Å². The first kappa shape index (κ1) is 10.6. The lowest BCUT2D eigenvalue weighted by Crippen LogP contribution is -2.09. The van der Waals surface area contributed by atoms with Gasteiger partial charge in [-0.15, -0.1) is 10.2 Å². The Morgan fingerprint density at radius 2 is 2.07 bits per heavy atom. The highest BCUT2D eigenvalue weighted by atomic mass is 15.3. The Hall–Kier alpha value is -1.49. The van der Waals surface area contributed by atoms with Crippen molar-refractivity contribution in [1.82, 2.24) is 19.8 Å². The van der Waals surface area contributed by atoms with Crippen molar-refractivity contribution in [2.45, 2.75) is 26.8 Å².